The van der Waals surface area contributed by atoms with Crippen molar-refractivity contribution in [2.24, 2.45) is 0 Å². The summed E-state index contributed by atoms with van der Waals surface area (Å²) in [5, 5.41) is 11.3. The Bertz CT molecular complexity index is 797. The maximum Gasteiger partial charge on any atom is 0.293 e. The molecule has 1 aliphatic heterocycles. The summed E-state index contributed by atoms with van der Waals surface area (Å²) in [6.45, 7) is 1.52. The molecule has 2 heterocycles. The Morgan fingerprint density at radius 2 is 1.84 bits per heavy atom. The molecule has 3 rings (SSSR count). The second kappa shape index (κ2) is 7.04. The van der Waals surface area contributed by atoms with E-state index in [4.69, 9.17) is 0 Å². The number of rotatable bonds is 4. The molecule has 3 N–H and O–H groups in total. The highest BCUT2D eigenvalue weighted by atomic mass is 16.6. The average molecular weight is 343 g/mol. The number of amides is 2. The van der Waals surface area contributed by atoms with Crippen LogP contribution >= 0.6 is 0 Å². The molecule has 0 radical (unpaired) electrons. The van der Waals surface area contributed by atoms with E-state index in [1.54, 1.807) is 24.4 Å². The molecule has 0 bridgehead atoms. The average Bonchev–Trinajstić information content (AvgIpc) is 3.32. The number of nitro benzene ring substituents is 1. The van der Waals surface area contributed by atoms with Crippen molar-refractivity contribution in [3.8, 4) is 0 Å². The molecular formula is C16H17N5O4. The molecule has 0 unspecified atom stereocenters. The summed E-state index contributed by atoms with van der Waals surface area (Å²) < 4.78 is 0. The Morgan fingerprint density at radius 3 is 2.48 bits per heavy atom. The van der Waals surface area contributed by atoms with Gasteiger partial charge in [-0.1, -0.05) is 0 Å². The number of aromatic nitrogens is 1. The van der Waals surface area contributed by atoms with Gasteiger partial charge in [0.05, 0.1) is 4.92 Å². The molecule has 2 aromatic rings. The van der Waals surface area contributed by atoms with Gasteiger partial charge in [-0.25, -0.2) is 0 Å². The van der Waals surface area contributed by atoms with Gasteiger partial charge in [-0.15, -0.1) is 0 Å². The lowest BCUT2D eigenvalue weighted by Gasteiger charge is -2.17. The van der Waals surface area contributed by atoms with E-state index in [1.165, 1.54) is 12.1 Å². The molecule has 9 heteroatoms. The molecule has 9 nitrogen and oxygen atoms in total. The molecule has 0 atom stereocenters. The second-order valence-corrected chi connectivity index (χ2v) is 5.65. The highest BCUT2D eigenvalue weighted by Crippen LogP contribution is 2.31. The summed E-state index contributed by atoms with van der Waals surface area (Å²) in [4.78, 5) is 39.4. The van der Waals surface area contributed by atoms with Crippen molar-refractivity contribution >= 4 is 23.2 Å². The van der Waals surface area contributed by atoms with Crippen molar-refractivity contribution in [2.75, 3.05) is 18.0 Å². The van der Waals surface area contributed by atoms with Crippen LogP contribution in [0.5, 0.6) is 0 Å². The number of carbonyl (C=O) groups is 2. The van der Waals surface area contributed by atoms with E-state index in [0.717, 1.165) is 25.9 Å². The molecule has 1 saturated heterocycles. The van der Waals surface area contributed by atoms with Crippen LogP contribution in [0.15, 0.2) is 36.5 Å². The van der Waals surface area contributed by atoms with E-state index >= 15 is 0 Å². The lowest BCUT2D eigenvalue weighted by molar-refractivity contribution is -0.384. The largest absolute Gasteiger partial charge is 0.366 e. The number of hydrazine groups is 1. The Balaban J connectivity index is 1.73. The van der Waals surface area contributed by atoms with Crippen molar-refractivity contribution in [3.63, 3.8) is 0 Å². The predicted octanol–water partition coefficient (Wildman–Crippen LogP) is 1.60. The fourth-order valence-corrected chi connectivity index (χ4v) is 2.76. The van der Waals surface area contributed by atoms with E-state index in [1.807, 2.05) is 4.90 Å². The summed E-state index contributed by atoms with van der Waals surface area (Å²) in [6.07, 6.45) is 3.56. The molecule has 1 aromatic carbocycles. The van der Waals surface area contributed by atoms with Crippen LogP contribution in [0.1, 0.15) is 33.7 Å². The number of hydrogen-bond acceptors (Lipinski definition) is 5. The predicted molar refractivity (Wildman–Crippen MR) is 90.3 cm³/mol. The van der Waals surface area contributed by atoms with Crippen LogP contribution in [0.3, 0.4) is 0 Å². The molecule has 130 valence electrons. The van der Waals surface area contributed by atoms with E-state index in [0.29, 0.717) is 5.69 Å². The van der Waals surface area contributed by atoms with Crippen LogP contribution in [0, 0.1) is 10.1 Å². The molecule has 2 amide bonds. The van der Waals surface area contributed by atoms with Crippen molar-refractivity contribution in [2.45, 2.75) is 12.8 Å². The third-order valence-electron chi connectivity index (χ3n) is 4.01. The van der Waals surface area contributed by atoms with Gasteiger partial charge in [0.25, 0.3) is 17.5 Å². The standard InChI is InChI=1S/C16H17N5O4/c22-15(18-19-16(23)12-4-3-7-17-12)11-5-6-13(14(10-11)21(24)25)20-8-1-2-9-20/h3-7,10,17H,1-2,8-9H2,(H,18,22)(H,19,23). The maximum atomic E-state index is 12.2. The number of benzene rings is 1. The van der Waals surface area contributed by atoms with Crippen LogP contribution < -0.4 is 15.8 Å². The smallest absolute Gasteiger partial charge is 0.293 e. The molecule has 1 aliphatic rings. The normalized spacial score (nSPS) is 13.5. The highest BCUT2D eigenvalue weighted by Gasteiger charge is 2.24. The lowest BCUT2D eigenvalue weighted by atomic mass is 10.1. The van der Waals surface area contributed by atoms with E-state index in [2.05, 4.69) is 15.8 Å². The zero-order chi connectivity index (χ0) is 17.8. The first-order chi connectivity index (χ1) is 12.1. The number of aromatic amines is 1. The summed E-state index contributed by atoms with van der Waals surface area (Å²) in [5.74, 6) is -1.14. The highest BCUT2D eigenvalue weighted by molar-refractivity contribution is 5.99. The Kier molecular flexibility index (Phi) is 4.64. The van der Waals surface area contributed by atoms with Crippen molar-refractivity contribution < 1.29 is 14.5 Å². The molecule has 1 fully saturated rings. The lowest BCUT2D eigenvalue weighted by Crippen LogP contribution is -2.41. The van der Waals surface area contributed by atoms with Crippen LogP contribution in [-0.2, 0) is 0 Å². The van der Waals surface area contributed by atoms with E-state index in [9.17, 15) is 19.7 Å². The fraction of sp³-hybridized carbons (Fsp3) is 0.250. The fourth-order valence-electron chi connectivity index (χ4n) is 2.76. The van der Waals surface area contributed by atoms with Crippen LogP contribution in [0.4, 0.5) is 11.4 Å². The Labute approximate surface area is 143 Å². The third-order valence-corrected chi connectivity index (χ3v) is 4.01. The minimum absolute atomic E-state index is 0.0985. The Morgan fingerprint density at radius 1 is 1.12 bits per heavy atom. The van der Waals surface area contributed by atoms with E-state index < -0.39 is 16.7 Å². The number of anilines is 1. The van der Waals surface area contributed by atoms with Gasteiger partial charge < -0.3 is 9.88 Å². The topological polar surface area (TPSA) is 120 Å². The van der Waals surface area contributed by atoms with Gasteiger partial charge in [0.15, 0.2) is 0 Å². The zero-order valence-corrected chi connectivity index (χ0v) is 13.3. The number of hydrogen-bond donors (Lipinski definition) is 3. The minimum Gasteiger partial charge on any atom is -0.366 e. The SMILES string of the molecule is O=C(NNC(=O)c1ccc[nH]1)c1ccc(N2CCCC2)c([N+](=O)[O-])c1. The third kappa shape index (κ3) is 3.60. The van der Waals surface area contributed by atoms with Gasteiger partial charge >= 0.3 is 0 Å². The molecule has 25 heavy (non-hydrogen) atoms. The minimum atomic E-state index is -0.629. The molecule has 0 aliphatic carbocycles. The summed E-state index contributed by atoms with van der Waals surface area (Å²) in [5.41, 5.74) is 5.27. The van der Waals surface area contributed by atoms with Crippen molar-refractivity contribution in [1.82, 2.24) is 15.8 Å². The molecule has 1 aromatic heterocycles. The molecule has 0 saturated carbocycles. The first-order valence-electron chi connectivity index (χ1n) is 7.84. The van der Waals surface area contributed by atoms with Gasteiger partial charge in [-0.3, -0.25) is 30.6 Å². The number of nitrogens with zero attached hydrogens (tertiary/aromatic N) is 2. The van der Waals surface area contributed by atoms with Crippen LogP contribution in [-0.4, -0.2) is 34.8 Å². The van der Waals surface area contributed by atoms with Gasteiger partial charge in [0.1, 0.15) is 11.4 Å². The maximum absolute atomic E-state index is 12.2. The van der Waals surface area contributed by atoms with Gasteiger partial charge in [0, 0.05) is 30.9 Å². The number of carbonyl (C=O) groups excluding carboxylic acids is 2. The van der Waals surface area contributed by atoms with Crippen molar-refractivity contribution in [3.05, 3.63) is 57.9 Å². The van der Waals surface area contributed by atoms with Gasteiger partial charge in [-0.05, 0) is 37.1 Å². The van der Waals surface area contributed by atoms with Crippen LogP contribution in [0.2, 0.25) is 0 Å². The van der Waals surface area contributed by atoms with E-state index in [-0.39, 0.29) is 16.9 Å². The van der Waals surface area contributed by atoms with Crippen molar-refractivity contribution in [1.29, 1.82) is 0 Å². The summed E-state index contributed by atoms with van der Waals surface area (Å²) in [6, 6.07) is 7.51. The first-order valence-corrected chi connectivity index (χ1v) is 7.84. The molecular weight excluding hydrogens is 326 g/mol. The second-order valence-electron chi connectivity index (χ2n) is 5.65. The van der Waals surface area contributed by atoms with Gasteiger partial charge in [-0.2, -0.15) is 0 Å². The quantitative estimate of drug-likeness (QED) is 0.575. The first kappa shape index (κ1) is 16.5. The zero-order valence-electron chi connectivity index (χ0n) is 13.3. The molecule has 0 spiro atoms. The van der Waals surface area contributed by atoms with Gasteiger partial charge in [0.2, 0.25) is 0 Å². The number of nitro groups is 1. The van der Waals surface area contributed by atoms with Crippen LogP contribution in [0.25, 0.3) is 0 Å². The Hall–Kier alpha value is -3.36. The number of H-pyrrole nitrogens is 1. The summed E-state index contributed by atoms with van der Waals surface area (Å²) >= 11 is 0. The summed E-state index contributed by atoms with van der Waals surface area (Å²) in [7, 11) is 0. The number of nitrogens with one attached hydrogen (secondary N) is 3. The monoisotopic (exact) mass is 343 g/mol.